The third-order valence-corrected chi connectivity index (χ3v) is 6.40. The van der Waals surface area contributed by atoms with E-state index in [1.54, 1.807) is 4.90 Å². The molecule has 2 aromatic heterocycles. The van der Waals surface area contributed by atoms with Crippen LogP contribution >= 0.6 is 0 Å². The number of carbonyl (C=O) groups is 1. The largest absolute Gasteiger partial charge is 0.452 e. The van der Waals surface area contributed by atoms with E-state index in [0.717, 1.165) is 80.0 Å². The molecule has 0 N–H and O–H groups in total. The maximum Gasteiger partial charge on any atom is 0.414 e. The Morgan fingerprint density at radius 1 is 1.28 bits per heavy atom. The number of carbonyl (C=O) groups excluding carboxylic acids is 1. The van der Waals surface area contributed by atoms with Gasteiger partial charge in [-0.1, -0.05) is 6.92 Å². The molecule has 3 aromatic rings. The third kappa shape index (κ3) is 4.37. The van der Waals surface area contributed by atoms with Crippen LogP contribution in [-0.4, -0.2) is 63.6 Å². The van der Waals surface area contributed by atoms with E-state index < -0.39 is 0 Å². The smallest absolute Gasteiger partial charge is 0.414 e. The van der Waals surface area contributed by atoms with Crippen LogP contribution in [0.25, 0.3) is 11.0 Å². The monoisotopic (exact) mass is 438 g/mol. The maximum atomic E-state index is 12.5. The molecule has 32 heavy (non-hydrogen) atoms. The van der Waals surface area contributed by atoms with Gasteiger partial charge in [0.2, 0.25) is 0 Å². The number of rotatable bonds is 8. The van der Waals surface area contributed by atoms with Gasteiger partial charge in [-0.3, -0.25) is 9.58 Å². The molecule has 0 saturated heterocycles. The lowest BCUT2D eigenvalue weighted by Gasteiger charge is -2.34. The molecule has 3 heterocycles. The van der Waals surface area contributed by atoms with Crippen LogP contribution in [0.4, 0.5) is 10.5 Å². The van der Waals surface area contributed by atoms with E-state index in [4.69, 9.17) is 9.72 Å². The number of hydrogen-bond donors (Lipinski definition) is 0. The first kappa shape index (κ1) is 22.3. The van der Waals surface area contributed by atoms with Crippen LogP contribution in [0.2, 0.25) is 0 Å². The highest BCUT2D eigenvalue weighted by molar-refractivity contribution is 5.95. The molecule has 0 saturated carbocycles. The van der Waals surface area contributed by atoms with E-state index in [9.17, 15) is 4.79 Å². The molecule has 0 spiro atoms. The molecular formula is C24H34N6O2. The zero-order chi connectivity index (χ0) is 22.7. The standard InChI is InChI=1S/C24H34N6O2/c1-5-13-27(3)16-17-29-21-10-9-20-19(8-7-18(2)30(20)24(31)32-4)23(21)26-22(29)11-15-28-14-6-12-25-28/h6,9-10,12,14,18H,5,7-8,11,13,15-17H2,1-4H3/t18-/m0/s1. The number of fused-ring (bicyclic) bond motifs is 3. The van der Waals surface area contributed by atoms with Gasteiger partial charge < -0.3 is 14.2 Å². The molecule has 4 rings (SSSR count). The van der Waals surface area contributed by atoms with Gasteiger partial charge in [0.05, 0.1) is 23.8 Å². The summed E-state index contributed by atoms with van der Waals surface area (Å²) in [6.07, 6.45) is 7.24. The second kappa shape index (κ2) is 9.73. The number of imidazole rings is 1. The minimum Gasteiger partial charge on any atom is -0.452 e. The highest BCUT2D eigenvalue weighted by Gasteiger charge is 2.31. The minimum atomic E-state index is -0.308. The van der Waals surface area contributed by atoms with Gasteiger partial charge in [0.15, 0.2) is 0 Å². The second-order valence-corrected chi connectivity index (χ2v) is 8.66. The number of likely N-dealkylation sites (N-methyl/N-ethyl adjacent to an activating group) is 1. The van der Waals surface area contributed by atoms with Crippen LogP contribution in [0.1, 0.15) is 38.1 Å². The van der Waals surface area contributed by atoms with Crippen molar-refractivity contribution < 1.29 is 9.53 Å². The lowest BCUT2D eigenvalue weighted by Crippen LogP contribution is -2.42. The molecule has 1 aliphatic rings. The summed E-state index contributed by atoms with van der Waals surface area (Å²) in [5, 5.41) is 4.34. The van der Waals surface area contributed by atoms with Crippen LogP contribution in [0.15, 0.2) is 30.6 Å². The molecule has 1 amide bonds. The fraction of sp³-hybridized carbons (Fsp3) is 0.542. The van der Waals surface area contributed by atoms with Crippen molar-refractivity contribution in [3.8, 4) is 0 Å². The Morgan fingerprint density at radius 3 is 2.84 bits per heavy atom. The first-order valence-electron chi connectivity index (χ1n) is 11.6. The highest BCUT2D eigenvalue weighted by Crippen LogP contribution is 2.36. The molecule has 1 aromatic carbocycles. The van der Waals surface area contributed by atoms with E-state index in [-0.39, 0.29) is 12.1 Å². The van der Waals surface area contributed by atoms with Crippen LogP contribution in [-0.2, 0) is 30.7 Å². The Balaban J connectivity index is 1.73. The summed E-state index contributed by atoms with van der Waals surface area (Å²) in [4.78, 5) is 21.7. The number of aromatic nitrogens is 4. The van der Waals surface area contributed by atoms with Gasteiger partial charge in [-0.25, -0.2) is 9.78 Å². The van der Waals surface area contributed by atoms with Crippen LogP contribution < -0.4 is 4.90 Å². The minimum absolute atomic E-state index is 0.108. The Labute approximate surface area is 189 Å². The van der Waals surface area contributed by atoms with Gasteiger partial charge in [-0.05, 0) is 58.0 Å². The van der Waals surface area contributed by atoms with Crippen molar-refractivity contribution in [2.45, 2.75) is 58.7 Å². The van der Waals surface area contributed by atoms with E-state index >= 15 is 0 Å². The van der Waals surface area contributed by atoms with E-state index in [1.165, 1.54) is 7.11 Å². The number of anilines is 1. The molecule has 0 radical (unpaired) electrons. The predicted octanol–water partition coefficient (Wildman–Crippen LogP) is 3.72. The number of hydrogen-bond acceptors (Lipinski definition) is 5. The third-order valence-electron chi connectivity index (χ3n) is 6.40. The summed E-state index contributed by atoms with van der Waals surface area (Å²) in [5.74, 6) is 1.07. The highest BCUT2D eigenvalue weighted by atomic mass is 16.5. The maximum absolute atomic E-state index is 12.5. The molecule has 1 aliphatic heterocycles. The van der Waals surface area contributed by atoms with Gasteiger partial charge in [0.1, 0.15) is 5.82 Å². The second-order valence-electron chi connectivity index (χ2n) is 8.66. The Kier molecular flexibility index (Phi) is 6.79. The zero-order valence-corrected chi connectivity index (χ0v) is 19.6. The van der Waals surface area contributed by atoms with Crippen molar-refractivity contribution in [3.05, 3.63) is 42.0 Å². The summed E-state index contributed by atoms with van der Waals surface area (Å²) in [5.41, 5.74) is 4.22. The number of aryl methyl sites for hydroxylation is 3. The Bertz CT molecular complexity index is 1060. The van der Waals surface area contributed by atoms with Gasteiger partial charge in [-0.15, -0.1) is 0 Å². The topological polar surface area (TPSA) is 68.4 Å². The molecule has 0 fully saturated rings. The van der Waals surface area contributed by atoms with E-state index in [2.05, 4.69) is 47.6 Å². The first-order valence-corrected chi connectivity index (χ1v) is 11.6. The van der Waals surface area contributed by atoms with Crippen molar-refractivity contribution in [3.63, 3.8) is 0 Å². The Hall–Kier alpha value is -2.87. The fourth-order valence-electron chi connectivity index (χ4n) is 4.70. The molecule has 8 heteroatoms. The average Bonchev–Trinajstić information content (AvgIpc) is 3.43. The van der Waals surface area contributed by atoms with Gasteiger partial charge >= 0.3 is 6.09 Å². The molecule has 0 bridgehead atoms. The summed E-state index contributed by atoms with van der Waals surface area (Å²) >= 11 is 0. The molecule has 0 unspecified atom stereocenters. The average molecular weight is 439 g/mol. The number of ether oxygens (including phenoxy) is 1. The normalized spacial score (nSPS) is 16.0. The van der Waals surface area contributed by atoms with Crippen molar-refractivity contribution >= 4 is 22.8 Å². The number of methoxy groups -OCH3 is 1. The number of amides is 1. The van der Waals surface area contributed by atoms with Crippen LogP contribution in [0, 0.1) is 0 Å². The van der Waals surface area contributed by atoms with Gasteiger partial charge in [0, 0.05) is 50.1 Å². The summed E-state index contributed by atoms with van der Waals surface area (Å²) in [7, 11) is 3.61. The van der Waals surface area contributed by atoms with Crippen molar-refractivity contribution in [2.24, 2.45) is 0 Å². The zero-order valence-electron chi connectivity index (χ0n) is 19.6. The quantitative estimate of drug-likeness (QED) is 0.536. The summed E-state index contributed by atoms with van der Waals surface area (Å²) in [6.45, 7) is 8.00. The summed E-state index contributed by atoms with van der Waals surface area (Å²) < 4.78 is 9.37. The molecule has 8 nitrogen and oxygen atoms in total. The van der Waals surface area contributed by atoms with Crippen molar-refractivity contribution in [2.75, 3.05) is 32.1 Å². The first-order chi connectivity index (χ1) is 15.5. The number of benzene rings is 1. The number of nitrogens with zero attached hydrogens (tertiary/aromatic N) is 6. The lowest BCUT2D eigenvalue weighted by molar-refractivity contribution is 0.175. The van der Waals surface area contributed by atoms with Gasteiger partial charge in [0.25, 0.3) is 0 Å². The lowest BCUT2D eigenvalue weighted by atomic mass is 9.96. The SMILES string of the molecule is CCCN(C)CCn1c(CCn2cccn2)nc2c3c(ccc21)N(C(=O)OC)[C@@H](C)CC3. The van der Waals surface area contributed by atoms with Crippen LogP contribution in [0.5, 0.6) is 0 Å². The van der Waals surface area contributed by atoms with Crippen molar-refractivity contribution in [1.29, 1.82) is 0 Å². The molecular weight excluding hydrogens is 404 g/mol. The predicted molar refractivity (Wildman–Crippen MR) is 126 cm³/mol. The van der Waals surface area contributed by atoms with E-state index in [0.29, 0.717) is 0 Å². The van der Waals surface area contributed by atoms with Crippen molar-refractivity contribution in [1.82, 2.24) is 24.2 Å². The van der Waals surface area contributed by atoms with E-state index in [1.807, 2.05) is 23.1 Å². The van der Waals surface area contributed by atoms with Crippen LogP contribution in [0.3, 0.4) is 0 Å². The Morgan fingerprint density at radius 2 is 2.12 bits per heavy atom. The van der Waals surface area contributed by atoms with Gasteiger partial charge in [-0.2, -0.15) is 5.10 Å². The molecule has 0 aliphatic carbocycles. The fourth-order valence-corrected chi connectivity index (χ4v) is 4.70. The molecule has 1 atom stereocenters. The molecule has 172 valence electrons. The summed E-state index contributed by atoms with van der Waals surface area (Å²) in [6, 6.07) is 6.24.